The maximum absolute atomic E-state index is 6.15. The van der Waals surface area contributed by atoms with Crippen LogP contribution in [-0.2, 0) is 0 Å². The van der Waals surface area contributed by atoms with Gasteiger partial charge in [-0.3, -0.25) is 4.98 Å². The van der Waals surface area contributed by atoms with E-state index in [0.717, 1.165) is 11.3 Å². The third-order valence-corrected chi connectivity index (χ3v) is 3.44. The molecule has 0 aliphatic rings. The highest BCUT2D eigenvalue weighted by Crippen LogP contribution is 2.25. The topological polar surface area (TPSA) is 38.9 Å². The number of aryl methyl sites for hydroxylation is 2. The Kier molecular flexibility index (Phi) is 2.84. The largest absolute Gasteiger partial charge is 0.320 e. The molecule has 3 heteroatoms. The number of nitrogens with zero attached hydrogens (tertiary/aromatic N) is 1. The molecule has 2 aromatic rings. The average molecular weight is 218 g/mol. The summed E-state index contributed by atoms with van der Waals surface area (Å²) >= 11 is 1.74. The van der Waals surface area contributed by atoms with Crippen molar-refractivity contribution in [3.8, 4) is 0 Å². The first-order valence-corrected chi connectivity index (χ1v) is 5.73. The summed E-state index contributed by atoms with van der Waals surface area (Å²) in [6, 6.07) is 8.18. The standard InChI is InChI=1S/C12H14N2S/c1-8-3-5-10(7-14-8)12(13)11-6-4-9(2)15-11/h3-7,12H,13H2,1-2H3. The molecule has 0 radical (unpaired) electrons. The summed E-state index contributed by atoms with van der Waals surface area (Å²) in [5, 5.41) is 0. The van der Waals surface area contributed by atoms with E-state index in [0.29, 0.717) is 0 Å². The fourth-order valence-corrected chi connectivity index (χ4v) is 2.36. The highest BCUT2D eigenvalue weighted by Gasteiger charge is 2.10. The fourth-order valence-electron chi connectivity index (χ4n) is 1.45. The predicted octanol–water partition coefficient (Wildman–Crippen LogP) is 2.81. The zero-order chi connectivity index (χ0) is 10.8. The highest BCUT2D eigenvalue weighted by atomic mass is 32.1. The first-order chi connectivity index (χ1) is 7.16. The second-order valence-electron chi connectivity index (χ2n) is 3.66. The zero-order valence-corrected chi connectivity index (χ0v) is 9.71. The molecule has 0 aliphatic carbocycles. The van der Waals surface area contributed by atoms with Crippen molar-refractivity contribution in [3.63, 3.8) is 0 Å². The molecule has 0 fully saturated rings. The van der Waals surface area contributed by atoms with E-state index in [-0.39, 0.29) is 6.04 Å². The van der Waals surface area contributed by atoms with Gasteiger partial charge in [0, 0.05) is 21.6 Å². The maximum atomic E-state index is 6.15. The minimum atomic E-state index is -0.0446. The van der Waals surface area contributed by atoms with Crippen molar-refractivity contribution < 1.29 is 0 Å². The van der Waals surface area contributed by atoms with Crippen molar-refractivity contribution in [2.24, 2.45) is 5.73 Å². The van der Waals surface area contributed by atoms with E-state index < -0.39 is 0 Å². The summed E-state index contributed by atoms with van der Waals surface area (Å²) < 4.78 is 0. The van der Waals surface area contributed by atoms with E-state index in [4.69, 9.17) is 5.73 Å². The minimum absolute atomic E-state index is 0.0446. The van der Waals surface area contributed by atoms with Crippen molar-refractivity contribution in [3.05, 3.63) is 51.5 Å². The van der Waals surface area contributed by atoms with Crippen LogP contribution in [0.1, 0.15) is 27.1 Å². The maximum Gasteiger partial charge on any atom is 0.0661 e. The normalized spacial score (nSPS) is 12.7. The molecule has 2 heterocycles. The van der Waals surface area contributed by atoms with Crippen LogP contribution in [0.15, 0.2) is 30.5 Å². The Hall–Kier alpha value is -1.19. The smallest absolute Gasteiger partial charge is 0.0661 e. The molecule has 2 N–H and O–H groups in total. The monoisotopic (exact) mass is 218 g/mol. The van der Waals surface area contributed by atoms with E-state index in [1.165, 1.54) is 9.75 Å². The van der Waals surface area contributed by atoms with Crippen LogP contribution < -0.4 is 5.73 Å². The Morgan fingerprint density at radius 1 is 1.20 bits per heavy atom. The molecule has 2 aromatic heterocycles. The van der Waals surface area contributed by atoms with Gasteiger partial charge in [-0.25, -0.2) is 0 Å². The second kappa shape index (κ2) is 4.13. The molecular weight excluding hydrogens is 204 g/mol. The number of thiophene rings is 1. The van der Waals surface area contributed by atoms with E-state index in [1.807, 2.05) is 25.3 Å². The SMILES string of the molecule is Cc1ccc(C(N)c2ccc(C)s2)cn1. The molecule has 78 valence electrons. The number of hydrogen-bond donors (Lipinski definition) is 1. The molecule has 0 saturated carbocycles. The Labute approximate surface area is 93.8 Å². The summed E-state index contributed by atoms with van der Waals surface area (Å²) in [7, 11) is 0. The van der Waals surface area contributed by atoms with Gasteiger partial charge in [-0.15, -0.1) is 11.3 Å². The van der Waals surface area contributed by atoms with Crippen LogP contribution in [0.4, 0.5) is 0 Å². The summed E-state index contributed by atoms with van der Waals surface area (Å²) in [4.78, 5) is 6.74. The van der Waals surface area contributed by atoms with Crippen LogP contribution in [0.5, 0.6) is 0 Å². The van der Waals surface area contributed by atoms with Crippen molar-refractivity contribution in [1.29, 1.82) is 0 Å². The van der Waals surface area contributed by atoms with E-state index in [1.54, 1.807) is 11.3 Å². The summed E-state index contributed by atoms with van der Waals surface area (Å²) in [6.07, 6.45) is 1.86. The van der Waals surface area contributed by atoms with Crippen molar-refractivity contribution in [2.45, 2.75) is 19.9 Å². The Bertz CT molecular complexity index is 445. The van der Waals surface area contributed by atoms with Gasteiger partial charge in [0.15, 0.2) is 0 Å². The lowest BCUT2D eigenvalue weighted by Gasteiger charge is -2.09. The number of pyridine rings is 1. The third kappa shape index (κ3) is 2.25. The third-order valence-electron chi connectivity index (χ3n) is 2.36. The lowest BCUT2D eigenvalue weighted by atomic mass is 10.1. The number of rotatable bonds is 2. The van der Waals surface area contributed by atoms with Gasteiger partial charge in [0.1, 0.15) is 0 Å². The summed E-state index contributed by atoms with van der Waals surface area (Å²) in [5.74, 6) is 0. The van der Waals surface area contributed by atoms with Crippen LogP contribution in [-0.4, -0.2) is 4.98 Å². The molecule has 1 unspecified atom stereocenters. The summed E-state index contributed by atoms with van der Waals surface area (Å²) in [6.45, 7) is 4.07. The van der Waals surface area contributed by atoms with E-state index in [9.17, 15) is 0 Å². The average Bonchev–Trinajstić information content (AvgIpc) is 2.65. The first kappa shape index (κ1) is 10.3. The van der Waals surface area contributed by atoms with Crippen molar-refractivity contribution >= 4 is 11.3 Å². The molecule has 0 aromatic carbocycles. The molecule has 1 atom stereocenters. The van der Waals surface area contributed by atoms with Gasteiger partial charge in [-0.1, -0.05) is 6.07 Å². The molecule has 2 rings (SSSR count). The van der Waals surface area contributed by atoms with E-state index in [2.05, 4.69) is 24.0 Å². The first-order valence-electron chi connectivity index (χ1n) is 4.91. The molecule has 0 bridgehead atoms. The van der Waals surface area contributed by atoms with E-state index >= 15 is 0 Å². The Morgan fingerprint density at radius 2 is 2.00 bits per heavy atom. The van der Waals surface area contributed by atoms with Crippen molar-refractivity contribution in [1.82, 2.24) is 4.98 Å². The van der Waals surface area contributed by atoms with Crippen molar-refractivity contribution in [2.75, 3.05) is 0 Å². The molecular formula is C12H14N2S. The van der Waals surface area contributed by atoms with Crippen LogP contribution in [0, 0.1) is 13.8 Å². The number of hydrogen-bond acceptors (Lipinski definition) is 3. The number of nitrogens with two attached hydrogens (primary N) is 1. The minimum Gasteiger partial charge on any atom is -0.320 e. The van der Waals surface area contributed by atoms with Gasteiger partial charge in [-0.2, -0.15) is 0 Å². The van der Waals surface area contributed by atoms with Crippen LogP contribution in [0.3, 0.4) is 0 Å². The van der Waals surface area contributed by atoms with Gasteiger partial charge < -0.3 is 5.73 Å². The van der Waals surface area contributed by atoms with Gasteiger partial charge in [0.25, 0.3) is 0 Å². The lowest BCUT2D eigenvalue weighted by Crippen LogP contribution is -2.10. The Morgan fingerprint density at radius 3 is 2.53 bits per heavy atom. The molecule has 0 spiro atoms. The van der Waals surface area contributed by atoms with Crippen LogP contribution in [0.2, 0.25) is 0 Å². The lowest BCUT2D eigenvalue weighted by molar-refractivity contribution is 0.881. The molecule has 0 amide bonds. The second-order valence-corrected chi connectivity index (χ2v) is 4.98. The highest BCUT2D eigenvalue weighted by molar-refractivity contribution is 7.12. The van der Waals surface area contributed by atoms with Crippen LogP contribution >= 0.6 is 11.3 Å². The van der Waals surface area contributed by atoms with Gasteiger partial charge >= 0.3 is 0 Å². The van der Waals surface area contributed by atoms with Gasteiger partial charge in [-0.05, 0) is 37.6 Å². The fraction of sp³-hybridized carbons (Fsp3) is 0.250. The zero-order valence-electron chi connectivity index (χ0n) is 8.90. The van der Waals surface area contributed by atoms with Gasteiger partial charge in [0.05, 0.1) is 6.04 Å². The molecule has 0 aliphatic heterocycles. The van der Waals surface area contributed by atoms with Gasteiger partial charge in [0.2, 0.25) is 0 Å². The molecule has 2 nitrogen and oxygen atoms in total. The Balaban J connectivity index is 2.28. The number of aromatic nitrogens is 1. The molecule has 15 heavy (non-hydrogen) atoms. The summed E-state index contributed by atoms with van der Waals surface area (Å²) in [5.41, 5.74) is 8.24. The molecule has 0 saturated heterocycles. The van der Waals surface area contributed by atoms with Crippen LogP contribution in [0.25, 0.3) is 0 Å². The quantitative estimate of drug-likeness (QED) is 0.841. The predicted molar refractivity (Wildman–Crippen MR) is 64.1 cm³/mol.